The molecule has 198 valence electrons. The molecule has 9 heteroatoms. The van der Waals surface area contributed by atoms with E-state index < -0.39 is 17.8 Å². The number of aliphatic hydroxyl groups is 2. The van der Waals surface area contributed by atoms with Crippen LogP contribution >= 0.6 is 0 Å². The zero-order valence-corrected chi connectivity index (χ0v) is 20.8. The summed E-state index contributed by atoms with van der Waals surface area (Å²) in [5, 5.41) is 21.9. The molecule has 0 bridgehead atoms. The summed E-state index contributed by atoms with van der Waals surface area (Å²) in [7, 11) is 1.69. The number of nitrogens with one attached hydrogen (secondary N) is 1. The summed E-state index contributed by atoms with van der Waals surface area (Å²) < 4.78 is 39.6. The van der Waals surface area contributed by atoms with Crippen LogP contribution in [0.15, 0.2) is 48.5 Å². The minimum atomic E-state index is -4.41. The highest BCUT2D eigenvalue weighted by Crippen LogP contribution is 2.31. The number of nitrogens with zero attached hydrogens (tertiary/aromatic N) is 2. The largest absolute Gasteiger partial charge is 0.416 e. The van der Waals surface area contributed by atoms with E-state index >= 15 is 0 Å². The van der Waals surface area contributed by atoms with Crippen molar-refractivity contribution in [2.75, 3.05) is 39.9 Å². The zero-order valence-electron chi connectivity index (χ0n) is 20.8. The first-order valence-corrected chi connectivity index (χ1v) is 12.3. The van der Waals surface area contributed by atoms with Crippen molar-refractivity contribution < 1.29 is 28.2 Å². The van der Waals surface area contributed by atoms with Gasteiger partial charge in [-0.3, -0.25) is 9.69 Å². The van der Waals surface area contributed by atoms with E-state index in [1.807, 2.05) is 30.3 Å². The van der Waals surface area contributed by atoms with Gasteiger partial charge in [0.15, 0.2) is 0 Å². The third kappa shape index (κ3) is 7.52. The quantitative estimate of drug-likeness (QED) is 0.461. The van der Waals surface area contributed by atoms with Crippen molar-refractivity contribution in [1.82, 2.24) is 15.1 Å². The second kappa shape index (κ2) is 12.7. The maximum Gasteiger partial charge on any atom is 0.416 e. The van der Waals surface area contributed by atoms with Crippen LogP contribution in [0, 0.1) is 6.92 Å². The van der Waals surface area contributed by atoms with Gasteiger partial charge in [0.05, 0.1) is 24.8 Å². The minimum Gasteiger partial charge on any atom is -0.395 e. The van der Waals surface area contributed by atoms with Gasteiger partial charge in [-0.05, 0) is 49.4 Å². The van der Waals surface area contributed by atoms with Crippen LogP contribution in [-0.2, 0) is 17.4 Å². The van der Waals surface area contributed by atoms with Gasteiger partial charge in [0, 0.05) is 32.7 Å². The molecule has 3 rings (SSSR count). The molecule has 0 aliphatic carbocycles. The number of aryl methyl sites for hydroxylation is 1. The second-order valence-electron chi connectivity index (χ2n) is 9.57. The molecule has 1 aliphatic rings. The molecule has 1 heterocycles. The Morgan fingerprint density at radius 3 is 2.33 bits per heavy atom. The van der Waals surface area contributed by atoms with E-state index in [1.165, 1.54) is 0 Å². The molecule has 0 spiro atoms. The number of hydrogen-bond donors (Lipinski definition) is 3. The van der Waals surface area contributed by atoms with E-state index in [-0.39, 0.29) is 31.2 Å². The summed E-state index contributed by atoms with van der Waals surface area (Å²) in [5.74, 6) is -0.0973. The average molecular weight is 508 g/mol. The number of benzene rings is 2. The van der Waals surface area contributed by atoms with E-state index in [0.29, 0.717) is 37.2 Å². The molecule has 6 nitrogen and oxygen atoms in total. The molecule has 0 saturated carbocycles. The summed E-state index contributed by atoms with van der Waals surface area (Å²) in [6, 6.07) is 12.8. The standard InChI is InChI=1S/C27H36F3N3O3/c1-19-14-20(16-22(15-19)27(28,29)30)8-11-32(2)26(36)25(21-6-4-3-5-7-21)33-12-9-23(10-13-33)31-24(17-34)18-35/h3-7,14-16,23-25,31,34-35H,8-13,17-18H2,1-2H3. The van der Waals surface area contributed by atoms with Gasteiger partial charge in [0.1, 0.15) is 6.04 Å². The number of likely N-dealkylation sites (N-methyl/N-ethyl adjacent to an activating group) is 1. The lowest BCUT2D eigenvalue weighted by Crippen LogP contribution is -2.51. The van der Waals surface area contributed by atoms with Crippen LogP contribution in [0.2, 0.25) is 0 Å². The third-order valence-electron chi connectivity index (χ3n) is 6.73. The number of rotatable bonds is 10. The predicted octanol–water partition coefficient (Wildman–Crippen LogP) is 3.16. The molecule has 1 saturated heterocycles. The van der Waals surface area contributed by atoms with Crippen molar-refractivity contribution in [1.29, 1.82) is 0 Å². The maximum atomic E-state index is 13.6. The number of likely N-dealkylation sites (tertiary alicyclic amines) is 1. The van der Waals surface area contributed by atoms with Crippen LogP contribution in [0.3, 0.4) is 0 Å². The first-order valence-electron chi connectivity index (χ1n) is 12.3. The van der Waals surface area contributed by atoms with Gasteiger partial charge in [-0.15, -0.1) is 0 Å². The molecule has 1 amide bonds. The van der Waals surface area contributed by atoms with Gasteiger partial charge in [0.2, 0.25) is 5.91 Å². The average Bonchev–Trinajstić information content (AvgIpc) is 2.86. The molecular weight excluding hydrogens is 471 g/mol. The molecule has 2 aromatic rings. The topological polar surface area (TPSA) is 76.0 Å². The van der Waals surface area contributed by atoms with Crippen molar-refractivity contribution in [3.05, 3.63) is 70.8 Å². The number of carbonyl (C=O) groups excluding carboxylic acids is 1. The van der Waals surface area contributed by atoms with Crippen LogP contribution in [-0.4, -0.2) is 77.9 Å². The molecule has 0 aromatic heterocycles. The van der Waals surface area contributed by atoms with Crippen molar-refractivity contribution in [3.8, 4) is 0 Å². The molecule has 2 aromatic carbocycles. The first kappa shape index (κ1) is 28.1. The van der Waals surface area contributed by atoms with Gasteiger partial charge in [0.25, 0.3) is 0 Å². The van der Waals surface area contributed by atoms with E-state index in [0.717, 1.165) is 30.5 Å². The number of hydrogen-bond acceptors (Lipinski definition) is 5. The molecule has 1 aliphatic heterocycles. The molecule has 0 radical (unpaired) electrons. The molecular formula is C27H36F3N3O3. The molecule has 1 unspecified atom stereocenters. The molecule has 3 N–H and O–H groups in total. The van der Waals surface area contributed by atoms with E-state index in [4.69, 9.17) is 0 Å². The Balaban J connectivity index is 1.69. The van der Waals surface area contributed by atoms with Gasteiger partial charge < -0.3 is 20.4 Å². The molecule has 36 heavy (non-hydrogen) atoms. The first-order chi connectivity index (χ1) is 17.1. The Kier molecular flexibility index (Phi) is 9.90. The predicted molar refractivity (Wildman–Crippen MR) is 132 cm³/mol. The number of halogens is 3. The van der Waals surface area contributed by atoms with Crippen molar-refractivity contribution >= 4 is 5.91 Å². The lowest BCUT2D eigenvalue weighted by Gasteiger charge is -2.39. The SMILES string of the molecule is Cc1cc(CCN(C)C(=O)C(c2ccccc2)N2CCC(NC(CO)CO)CC2)cc(C(F)(F)F)c1. The van der Waals surface area contributed by atoms with E-state index in [9.17, 15) is 28.2 Å². The monoisotopic (exact) mass is 507 g/mol. The maximum absolute atomic E-state index is 13.6. The minimum absolute atomic E-state index is 0.0973. The van der Waals surface area contributed by atoms with Crippen LogP contribution < -0.4 is 5.32 Å². The number of carbonyl (C=O) groups is 1. The highest BCUT2D eigenvalue weighted by Gasteiger charge is 2.34. The van der Waals surface area contributed by atoms with E-state index in [1.54, 1.807) is 24.9 Å². The zero-order chi connectivity index (χ0) is 26.3. The summed E-state index contributed by atoms with van der Waals surface area (Å²) in [4.78, 5) is 17.4. The van der Waals surface area contributed by atoms with Gasteiger partial charge in [-0.1, -0.05) is 42.0 Å². The Labute approximate surface area is 210 Å². The van der Waals surface area contributed by atoms with E-state index in [2.05, 4.69) is 10.2 Å². The van der Waals surface area contributed by atoms with Crippen molar-refractivity contribution in [2.24, 2.45) is 0 Å². The summed E-state index contributed by atoms with van der Waals surface area (Å²) >= 11 is 0. The third-order valence-corrected chi connectivity index (χ3v) is 6.73. The van der Waals surface area contributed by atoms with Gasteiger partial charge >= 0.3 is 6.18 Å². The lowest BCUT2D eigenvalue weighted by atomic mass is 9.97. The summed E-state index contributed by atoms with van der Waals surface area (Å²) in [6.07, 6.45) is -2.55. The summed E-state index contributed by atoms with van der Waals surface area (Å²) in [5.41, 5.74) is 1.29. The molecule has 1 fully saturated rings. The van der Waals surface area contributed by atoms with Crippen LogP contribution in [0.25, 0.3) is 0 Å². The summed E-state index contributed by atoms with van der Waals surface area (Å²) in [6.45, 7) is 2.98. The Bertz CT molecular complexity index is 975. The normalized spacial score (nSPS) is 16.3. The number of amides is 1. The Hall–Kier alpha value is -2.46. The fourth-order valence-corrected chi connectivity index (χ4v) is 4.75. The number of aliphatic hydroxyl groups excluding tert-OH is 2. The smallest absolute Gasteiger partial charge is 0.395 e. The Morgan fingerprint density at radius 2 is 1.75 bits per heavy atom. The fraction of sp³-hybridized carbons (Fsp3) is 0.519. The molecule has 1 atom stereocenters. The van der Waals surface area contributed by atoms with Crippen molar-refractivity contribution in [3.63, 3.8) is 0 Å². The number of piperidine rings is 1. The Morgan fingerprint density at radius 1 is 1.11 bits per heavy atom. The fourth-order valence-electron chi connectivity index (χ4n) is 4.75. The lowest BCUT2D eigenvalue weighted by molar-refractivity contribution is -0.138. The van der Waals surface area contributed by atoms with Crippen LogP contribution in [0.4, 0.5) is 13.2 Å². The van der Waals surface area contributed by atoms with Gasteiger partial charge in [-0.2, -0.15) is 13.2 Å². The highest BCUT2D eigenvalue weighted by molar-refractivity contribution is 5.83. The number of alkyl halides is 3. The van der Waals surface area contributed by atoms with Crippen LogP contribution in [0.5, 0.6) is 0 Å². The van der Waals surface area contributed by atoms with Gasteiger partial charge in [-0.25, -0.2) is 0 Å². The highest BCUT2D eigenvalue weighted by atomic mass is 19.4. The van der Waals surface area contributed by atoms with Crippen molar-refractivity contribution in [2.45, 2.75) is 50.5 Å². The van der Waals surface area contributed by atoms with Crippen LogP contribution in [0.1, 0.15) is 41.1 Å². The second-order valence-corrected chi connectivity index (χ2v) is 9.57.